The third-order valence-electron chi connectivity index (χ3n) is 4.34. The first kappa shape index (κ1) is 20.7. The molecule has 0 aromatic heterocycles. The Balaban J connectivity index is 1.80. The first-order chi connectivity index (χ1) is 13.9. The van der Waals surface area contributed by atoms with Crippen LogP contribution in [0.25, 0.3) is 5.57 Å². The van der Waals surface area contributed by atoms with E-state index in [4.69, 9.17) is 9.47 Å². The molecule has 2 aromatic carbocycles. The largest absolute Gasteiger partial charge is 0.504 e. The van der Waals surface area contributed by atoms with Crippen LogP contribution in [0.3, 0.4) is 0 Å². The van der Waals surface area contributed by atoms with E-state index in [0.29, 0.717) is 45.8 Å². The number of rotatable bonds is 7. The lowest BCUT2D eigenvalue weighted by atomic mass is 9.95. The summed E-state index contributed by atoms with van der Waals surface area (Å²) in [5, 5.41) is 15.5. The van der Waals surface area contributed by atoms with Crippen molar-refractivity contribution in [3.8, 4) is 17.2 Å². The fraction of sp³-hybridized carbons (Fsp3) is 0.238. The van der Waals surface area contributed by atoms with Crippen molar-refractivity contribution in [3.05, 3.63) is 57.7 Å². The molecule has 3 N–H and O–H groups in total. The minimum Gasteiger partial charge on any atom is -0.504 e. The number of fused-ring (bicyclic) bond motifs is 1. The molecule has 7 nitrogen and oxygen atoms in total. The lowest BCUT2D eigenvalue weighted by Crippen LogP contribution is -2.37. The standard InChI is InChI=1S/C21H21BrN2O5/c1-3-6-29-18-5-4-12(7-17(18)25)10-23-11-15-13-8-16(22)19(28-2)9-14(13)20(26)24-21(15)27/h4-5,7-9,11,23,25H,3,6,10H2,1-2H3,(H,24,26,27)/b15-11+. The molecule has 1 heterocycles. The normalized spacial score (nSPS) is 14.4. The lowest BCUT2D eigenvalue weighted by Gasteiger charge is -2.20. The van der Waals surface area contributed by atoms with Crippen LogP contribution < -0.4 is 20.1 Å². The van der Waals surface area contributed by atoms with Gasteiger partial charge in [-0.3, -0.25) is 14.9 Å². The van der Waals surface area contributed by atoms with Crippen LogP contribution in [0.2, 0.25) is 0 Å². The van der Waals surface area contributed by atoms with Gasteiger partial charge in [0, 0.05) is 18.3 Å². The van der Waals surface area contributed by atoms with Crippen LogP contribution in [0.15, 0.2) is 41.0 Å². The molecule has 0 saturated heterocycles. The fourth-order valence-electron chi connectivity index (χ4n) is 2.90. The third-order valence-corrected chi connectivity index (χ3v) is 4.96. The van der Waals surface area contributed by atoms with Gasteiger partial charge < -0.3 is 19.9 Å². The number of phenols is 1. The van der Waals surface area contributed by atoms with Crippen molar-refractivity contribution in [2.75, 3.05) is 13.7 Å². The smallest absolute Gasteiger partial charge is 0.260 e. The zero-order chi connectivity index (χ0) is 21.0. The van der Waals surface area contributed by atoms with Crippen LogP contribution >= 0.6 is 15.9 Å². The summed E-state index contributed by atoms with van der Waals surface area (Å²) in [6.45, 7) is 2.90. The maximum atomic E-state index is 12.3. The number of carbonyl (C=O) groups excluding carboxylic acids is 2. The van der Waals surface area contributed by atoms with E-state index < -0.39 is 11.8 Å². The minimum atomic E-state index is -0.488. The van der Waals surface area contributed by atoms with Crippen molar-refractivity contribution < 1.29 is 24.2 Å². The first-order valence-electron chi connectivity index (χ1n) is 9.06. The number of carbonyl (C=O) groups is 2. The number of halogens is 1. The van der Waals surface area contributed by atoms with Crippen molar-refractivity contribution >= 4 is 33.3 Å². The Kier molecular flexibility index (Phi) is 6.43. The maximum Gasteiger partial charge on any atom is 0.260 e. The molecule has 0 radical (unpaired) electrons. The topological polar surface area (TPSA) is 96.9 Å². The van der Waals surface area contributed by atoms with Crippen molar-refractivity contribution in [2.45, 2.75) is 19.9 Å². The Bertz CT molecular complexity index is 987. The number of ether oxygens (including phenoxy) is 2. The Morgan fingerprint density at radius 2 is 1.93 bits per heavy atom. The molecule has 0 unspecified atom stereocenters. The molecule has 152 valence electrons. The van der Waals surface area contributed by atoms with Crippen LogP contribution in [-0.4, -0.2) is 30.6 Å². The number of methoxy groups -OCH3 is 1. The summed E-state index contributed by atoms with van der Waals surface area (Å²) in [5.74, 6) is 0.0415. The average Bonchev–Trinajstić information content (AvgIpc) is 2.69. The number of amides is 2. The molecule has 8 heteroatoms. The van der Waals surface area contributed by atoms with Gasteiger partial charge in [-0.1, -0.05) is 13.0 Å². The molecule has 0 saturated carbocycles. The first-order valence-corrected chi connectivity index (χ1v) is 9.85. The van der Waals surface area contributed by atoms with Gasteiger partial charge in [0.15, 0.2) is 11.5 Å². The summed E-state index contributed by atoms with van der Waals surface area (Å²) in [6.07, 6.45) is 2.41. The van der Waals surface area contributed by atoms with Gasteiger partial charge in [-0.2, -0.15) is 0 Å². The highest BCUT2D eigenvalue weighted by Crippen LogP contribution is 2.34. The predicted octanol–water partition coefficient (Wildman–Crippen LogP) is 3.35. The second kappa shape index (κ2) is 9.00. The van der Waals surface area contributed by atoms with Gasteiger partial charge in [0.2, 0.25) is 0 Å². The zero-order valence-corrected chi connectivity index (χ0v) is 17.6. The van der Waals surface area contributed by atoms with E-state index in [2.05, 4.69) is 26.6 Å². The van der Waals surface area contributed by atoms with Gasteiger partial charge >= 0.3 is 0 Å². The van der Waals surface area contributed by atoms with Crippen LogP contribution in [0.1, 0.15) is 34.8 Å². The third kappa shape index (κ3) is 4.54. The number of aromatic hydroxyl groups is 1. The van der Waals surface area contributed by atoms with Crippen LogP contribution in [0.4, 0.5) is 0 Å². The molecule has 0 spiro atoms. The van der Waals surface area contributed by atoms with Crippen molar-refractivity contribution in [2.24, 2.45) is 0 Å². The molecular formula is C21H21BrN2O5. The van der Waals surface area contributed by atoms with Crippen LogP contribution in [-0.2, 0) is 11.3 Å². The van der Waals surface area contributed by atoms with Crippen LogP contribution in [0.5, 0.6) is 17.2 Å². The lowest BCUT2D eigenvalue weighted by molar-refractivity contribution is -0.114. The Morgan fingerprint density at radius 3 is 2.62 bits per heavy atom. The molecule has 0 atom stereocenters. The SMILES string of the molecule is CCCOc1ccc(CN/C=C2/C(=O)NC(=O)c3cc(OC)c(Br)cc32)cc1O. The van der Waals surface area contributed by atoms with Gasteiger partial charge in [0.05, 0.1) is 29.3 Å². The number of imide groups is 1. The fourth-order valence-corrected chi connectivity index (χ4v) is 3.41. The predicted molar refractivity (Wildman–Crippen MR) is 112 cm³/mol. The highest BCUT2D eigenvalue weighted by atomic mass is 79.9. The van der Waals surface area contributed by atoms with Gasteiger partial charge in [-0.15, -0.1) is 0 Å². The number of benzene rings is 2. The highest BCUT2D eigenvalue weighted by Gasteiger charge is 2.28. The summed E-state index contributed by atoms with van der Waals surface area (Å²) in [6, 6.07) is 8.42. The summed E-state index contributed by atoms with van der Waals surface area (Å²) in [5.41, 5.74) is 2.00. The molecule has 1 aliphatic heterocycles. The monoisotopic (exact) mass is 460 g/mol. The quantitative estimate of drug-likeness (QED) is 0.433. The van der Waals surface area contributed by atoms with E-state index in [0.717, 1.165) is 12.0 Å². The summed E-state index contributed by atoms with van der Waals surface area (Å²) in [7, 11) is 1.50. The number of nitrogens with one attached hydrogen (secondary N) is 2. The van der Waals surface area contributed by atoms with E-state index in [9.17, 15) is 14.7 Å². The zero-order valence-electron chi connectivity index (χ0n) is 16.0. The van der Waals surface area contributed by atoms with E-state index in [1.807, 2.05) is 13.0 Å². The second-order valence-electron chi connectivity index (χ2n) is 6.41. The summed E-state index contributed by atoms with van der Waals surface area (Å²) < 4.78 is 11.3. The Morgan fingerprint density at radius 1 is 1.14 bits per heavy atom. The van der Waals surface area contributed by atoms with E-state index >= 15 is 0 Å². The summed E-state index contributed by atoms with van der Waals surface area (Å²) >= 11 is 3.39. The van der Waals surface area contributed by atoms with E-state index in [1.54, 1.807) is 30.5 Å². The second-order valence-corrected chi connectivity index (χ2v) is 7.26. The highest BCUT2D eigenvalue weighted by molar-refractivity contribution is 9.10. The van der Waals surface area contributed by atoms with Crippen LogP contribution in [0, 0.1) is 0 Å². The molecule has 3 rings (SSSR count). The molecule has 0 fully saturated rings. The maximum absolute atomic E-state index is 12.3. The molecule has 29 heavy (non-hydrogen) atoms. The number of hydrogen-bond acceptors (Lipinski definition) is 6. The summed E-state index contributed by atoms with van der Waals surface area (Å²) in [4.78, 5) is 24.5. The Labute approximate surface area is 176 Å². The molecule has 1 aliphatic rings. The van der Waals surface area contributed by atoms with Crippen molar-refractivity contribution in [1.82, 2.24) is 10.6 Å². The molecule has 2 aromatic rings. The molecule has 2 amide bonds. The van der Waals surface area contributed by atoms with Crippen molar-refractivity contribution in [1.29, 1.82) is 0 Å². The molecule has 0 aliphatic carbocycles. The van der Waals surface area contributed by atoms with Gasteiger partial charge in [0.1, 0.15) is 5.75 Å². The minimum absolute atomic E-state index is 0.0628. The van der Waals surface area contributed by atoms with Gasteiger partial charge in [0.25, 0.3) is 11.8 Å². The number of hydrogen-bond donors (Lipinski definition) is 3. The molecular weight excluding hydrogens is 440 g/mol. The number of phenolic OH excluding ortho intramolecular Hbond substituents is 1. The van der Waals surface area contributed by atoms with Crippen molar-refractivity contribution in [3.63, 3.8) is 0 Å². The molecule has 0 bridgehead atoms. The Hall–Kier alpha value is -3.00. The average molecular weight is 461 g/mol. The van der Waals surface area contributed by atoms with Gasteiger partial charge in [-0.05, 0) is 52.2 Å². The van der Waals surface area contributed by atoms with E-state index in [-0.39, 0.29) is 5.75 Å². The van der Waals surface area contributed by atoms with E-state index in [1.165, 1.54) is 7.11 Å². The van der Waals surface area contributed by atoms with Gasteiger partial charge in [-0.25, -0.2) is 0 Å².